The number of phenols is 1. The number of allylic oxidation sites excluding steroid dienone is 2. The molecule has 2 aromatic rings. The molecule has 0 spiro atoms. The third kappa shape index (κ3) is 10.4. The number of alkyl halides is 5. The van der Waals surface area contributed by atoms with Crippen molar-refractivity contribution in [1.82, 2.24) is 4.90 Å². The molecule has 0 fully saturated rings. The Bertz CT molecular complexity index is 1200. The molecular formula is C32H40F7NO2S. The average molecular weight is 636 g/mol. The number of halogens is 7. The van der Waals surface area contributed by atoms with Gasteiger partial charge in [-0.15, -0.1) is 0 Å². The van der Waals surface area contributed by atoms with E-state index < -0.39 is 41.9 Å². The topological polar surface area (TPSA) is 46.5 Å². The molecule has 0 bridgehead atoms. The van der Waals surface area contributed by atoms with Crippen LogP contribution in [0.25, 0.3) is 11.1 Å². The fourth-order valence-corrected chi connectivity index (χ4v) is 6.61. The van der Waals surface area contributed by atoms with Gasteiger partial charge in [-0.05, 0) is 105 Å². The van der Waals surface area contributed by atoms with Gasteiger partial charge in [0, 0.05) is 19.4 Å². The first kappa shape index (κ1) is 35.2. The molecule has 0 radical (unpaired) electrons. The van der Waals surface area contributed by atoms with E-state index in [2.05, 4.69) is 4.90 Å². The molecule has 0 aromatic heterocycles. The van der Waals surface area contributed by atoms with E-state index in [1.165, 1.54) is 18.2 Å². The minimum Gasteiger partial charge on any atom is -0.616 e. The van der Waals surface area contributed by atoms with Gasteiger partial charge in [-0.1, -0.05) is 42.2 Å². The van der Waals surface area contributed by atoms with E-state index in [1.54, 1.807) is 18.2 Å². The van der Waals surface area contributed by atoms with Crippen molar-refractivity contribution < 1.29 is 40.4 Å². The smallest absolute Gasteiger partial charge is 0.453 e. The molecule has 0 saturated heterocycles. The second kappa shape index (κ2) is 16.2. The van der Waals surface area contributed by atoms with Crippen LogP contribution >= 0.6 is 0 Å². The van der Waals surface area contributed by atoms with E-state index in [-0.39, 0.29) is 23.1 Å². The predicted octanol–water partition coefficient (Wildman–Crippen LogP) is 8.92. The van der Waals surface area contributed by atoms with Gasteiger partial charge in [0.2, 0.25) is 0 Å². The summed E-state index contributed by atoms with van der Waals surface area (Å²) in [5, 5.41) is 9.94. The molecule has 0 heterocycles. The number of unbranched alkanes of at least 4 members (excludes halogenated alkanes) is 3. The maximum atomic E-state index is 14.8. The fraction of sp³-hybridized carbons (Fsp3) is 0.562. The molecule has 0 amide bonds. The van der Waals surface area contributed by atoms with Crippen LogP contribution in [0.3, 0.4) is 0 Å². The summed E-state index contributed by atoms with van der Waals surface area (Å²) in [6, 6.07) is 9.53. The Hall–Kier alpha value is -2.24. The van der Waals surface area contributed by atoms with Gasteiger partial charge in [0.05, 0.1) is 0 Å². The Morgan fingerprint density at radius 1 is 0.837 bits per heavy atom. The number of phenolic OH excluding ortho intramolecular Hbond substituents is 1. The number of nitrogens with zero attached hydrogens (tertiary/aromatic N) is 1. The number of benzene rings is 2. The van der Waals surface area contributed by atoms with Crippen molar-refractivity contribution in [1.29, 1.82) is 0 Å². The lowest BCUT2D eigenvalue weighted by atomic mass is 9.89. The third-order valence-corrected chi connectivity index (χ3v) is 9.35. The SMILES string of the molecule is CN(CCCCCCC1=C(c2ccc(F)cc2)CCCc2c1ccc(O)c2F)CCC[S+]([O-])CCCC(F)(F)C(F)(F)F. The number of hydrogen-bond donors (Lipinski definition) is 1. The minimum absolute atomic E-state index is 0.174. The van der Waals surface area contributed by atoms with Crippen LogP contribution in [-0.4, -0.2) is 58.3 Å². The van der Waals surface area contributed by atoms with Crippen LogP contribution in [-0.2, 0) is 17.6 Å². The lowest BCUT2D eigenvalue weighted by molar-refractivity contribution is -0.284. The Balaban J connectivity index is 1.43. The van der Waals surface area contributed by atoms with Crippen LogP contribution in [0.5, 0.6) is 5.75 Å². The lowest BCUT2D eigenvalue weighted by Gasteiger charge is -2.20. The summed E-state index contributed by atoms with van der Waals surface area (Å²) in [5.41, 5.74) is 4.35. The first-order valence-electron chi connectivity index (χ1n) is 14.8. The lowest BCUT2D eigenvalue weighted by Crippen LogP contribution is -2.36. The highest BCUT2D eigenvalue weighted by molar-refractivity contribution is 7.91. The summed E-state index contributed by atoms with van der Waals surface area (Å²) in [6.45, 7) is 1.45. The molecule has 0 saturated carbocycles. The van der Waals surface area contributed by atoms with E-state index in [0.29, 0.717) is 24.9 Å². The number of fused-ring (bicyclic) bond motifs is 1. The highest BCUT2D eigenvalue weighted by Crippen LogP contribution is 2.41. The molecule has 11 heteroatoms. The molecule has 43 heavy (non-hydrogen) atoms. The van der Waals surface area contributed by atoms with Crippen molar-refractivity contribution in [2.24, 2.45) is 0 Å². The second-order valence-electron chi connectivity index (χ2n) is 11.2. The quantitative estimate of drug-likeness (QED) is 0.114. The van der Waals surface area contributed by atoms with Crippen molar-refractivity contribution in [3.05, 3.63) is 64.7 Å². The molecular weight excluding hydrogens is 595 g/mol. The van der Waals surface area contributed by atoms with E-state index in [4.69, 9.17) is 0 Å². The van der Waals surface area contributed by atoms with Crippen molar-refractivity contribution in [2.45, 2.75) is 82.7 Å². The normalized spacial score (nSPS) is 15.1. The highest BCUT2D eigenvalue weighted by Gasteiger charge is 2.56. The first-order chi connectivity index (χ1) is 20.3. The Kier molecular flexibility index (Phi) is 13.3. The van der Waals surface area contributed by atoms with Crippen molar-refractivity contribution in [3.63, 3.8) is 0 Å². The molecule has 1 aliphatic rings. The van der Waals surface area contributed by atoms with Gasteiger partial charge in [-0.2, -0.15) is 22.0 Å². The highest BCUT2D eigenvalue weighted by atomic mass is 32.2. The van der Waals surface area contributed by atoms with Crippen LogP contribution < -0.4 is 0 Å². The Morgan fingerprint density at radius 2 is 1.49 bits per heavy atom. The molecule has 1 unspecified atom stereocenters. The van der Waals surface area contributed by atoms with Crippen LogP contribution in [0.15, 0.2) is 36.4 Å². The summed E-state index contributed by atoms with van der Waals surface area (Å²) in [5.74, 6) is -5.92. The summed E-state index contributed by atoms with van der Waals surface area (Å²) in [7, 11) is 1.93. The molecule has 1 N–H and O–H groups in total. The first-order valence-corrected chi connectivity index (χ1v) is 16.3. The van der Waals surface area contributed by atoms with Gasteiger partial charge in [-0.25, -0.2) is 8.78 Å². The van der Waals surface area contributed by atoms with Crippen molar-refractivity contribution in [3.8, 4) is 5.75 Å². The summed E-state index contributed by atoms with van der Waals surface area (Å²) in [4.78, 5) is 2.08. The number of aromatic hydroxyl groups is 1. The predicted molar refractivity (Wildman–Crippen MR) is 158 cm³/mol. The minimum atomic E-state index is -5.58. The van der Waals surface area contributed by atoms with Crippen LogP contribution in [0.1, 0.15) is 80.9 Å². The maximum Gasteiger partial charge on any atom is 0.453 e. The third-order valence-electron chi connectivity index (χ3n) is 7.86. The van der Waals surface area contributed by atoms with Crippen molar-refractivity contribution in [2.75, 3.05) is 31.6 Å². The molecule has 3 rings (SSSR count). The van der Waals surface area contributed by atoms with Gasteiger partial charge in [0.25, 0.3) is 0 Å². The van der Waals surface area contributed by atoms with Gasteiger partial charge in [0.15, 0.2) is 11.6 Å². The summed E-state index contributed by atoms with van der Waals surface area (Å²) in [6.07, 6.45) is -0.429. The van der Waals surface area contributed by atoms with E-state index in [1.807, 2.05) is 7.05 Å². The molecule has 3 nitrogen and oxygen atoms in total. The fourth-order valence-electron chi connectivity index (χ4n) is 5.49. The van der Waals surface area contributed by atoms with Gasteiger partial charge in [-0.3, -0.25) is 0 Å². The van der Waals surface area contributed by atoms with Crippen LogP contribution in [0, 0.1) is 11.6 Å². The maximum absolute atomic E-state index is 14.8. The van der Waals surface area contributed by atoms with Gasteiger partial charge in [0.1, 0.15) is 17.3 Å². The van der Waals surface area contributed by atoms with E-state index in [9.17, 15) is 40.4 Å². The molecule has 2 aromatic carbocycles. The van der Waals surface area contributed by atoms with Crippen LogP contribution in [0.2, 0.25) is 0 Å². The molecule has 240 valence electrons. The zero-order valence-corrected chi connectivity index (χ0v) is 25.2. The Labute approximate surface area is 252 Å². The Morgan fingerprint density at radius 3 is 2.19 bits per heavy atom. The van der Waals surface area contributed by atoms with Gasteiger partial charge < -0.3 is 14.6 Å². The molecule has 1 aliphatic carbocycles. The molecule has 0 aliphatic heterocycles. The van der Waals surface area contributed by atoms with E-state index in [0.717, 1.165) is 73.8 Å². The van der Waals surface area contributed by atoms with Crippen molar-refractivity contribution >= 4 is 22.3 Å². The average Bonchev–Trinajstić information content (AvgIpc) is 3.12. The summed E-state index contributed by atoms with van der Waals surface area (Å²) >= 11 is -1.44. The van der Waals surface area contributed by atoms with Crippen LogP contribution in [0.4, 0.5) is 30.7 Å². The number of rotatable bonds is 16. The summed E-state index contributed by atoms with van der Waals surface area (Å²) < 4.78 is 103. The monoisotopic (exact) mass is 635 g/mol. The largest absolute Gasteiger partial charge is 0.616 e. The zero-order valence-electron chi connectivity index (χ0n) is 24.4. The van der Waals surface area contributed by atoms with E-state index >= 15 is 0 Å². The number of hydrogen-bond acceptors (Lipinski definition) is 3. The second-order valence-corrected chi connectivity index (χ2v) is 12.9. The standard InChI is InChI=1S/C32H40F7NO2S/c1-40(20-8-22-43(42)21-7-18-31(35,36)32(37,38)39)19-5-3-2-4-9-26-25(23-12-14-24(33)15-13-23)10-6-11-28-27(26)16-17-29(41)30(28)34/h12-17,41H,2-11,18-22H2,1H3. The molecule has 1 atom stereocenters. The zero-order chi connectivity index (χ0) is 31.6. The van der Waals surface area contributed by atoms with Gasteiger partial charge >= 0.3 is 12.1 Å².